The van der Waals surface area contributed by atoms with Crippen molar-refractivity contribution >= 4 is 5.97 Å². The fourth-order valence-corrected chi connectivity index (χ4v) is 2.39. The molecule has 2 saturated heterocycles. The number of unbranched alkanes of at least 4 members (excludes halogenated alkanes) is 1. The molecule has 2 aliphatic rings. The van der Waals surface area contributed by atoms with Crippen LogP contribution in [0.5, 0.6) is 0 Å². The minimum absolute atomic E-state index is 0.173. The Kier molecular flexibility index (Phi) is 5.72. The first-order valence-corrected chi connectivity index (χ1v) is 7.17. The molecule has 21 heavy (non-hydrogen) atoms. The van der Waals surface area contributed by atoms with Gasteiger partial charge >= 0.3 is 5.97 Å². The van der Waals surface area contributed by atoms with Crippen molar-refractivity contribution in [3.05, 3.63) is 12.2 Å². The first kappa shape index (κ1) is 16.4. The summed E-state index contributed by atoms with van der Waals surface area (Å²) in [4.78, 5) is 11.7. The van der Waals surface area contributed by atoms with Gasteiger partial charge in [0.15, 0.2) is 12.4 Å². The Bertz CT molecular complexity index is 366. The summed E-state index contributed by atoms with van der Waals surface area (Å²) in [5.41, 5.74) is 0. The molecule has 2 aliphatic heterocycles. The second kappa shape index (κ2) is 7.33. The van der Waals surface area contributed by atoms with Gasteiger partial charge in [-0.15, -0.1) is 0 Å². The number of ether oxygens (including phenoxy) is 3. The smallest absolute Gasteiger partial charge is 0.330 e. The predicted octanol–water partition coefficient (Wildman–Crippen LogP) is -0.518. The van der Waals surface area contributed by atoms with Gasteiger partial charge in [0, 0.05) is 6.08 Å². The van der Waals surface area contributed by atoms with Gasteiger partial charge in [0.2, 0.25) is 0 Å². The normalized spacial score (nSPS) is 36.9. The van der Waals surface area contributed by atoms with Crippen LogP contribution in [0.4, 0.5) is 0 Å². The molecular weight excluding hydrogens is 280 g/mol. The molecule has 2 fully saturated rings. The Labute approximate surface area is 123 Å². The minimum atomic E-state index is -1.20. The second-order valence-electron chi connectivity index (χ2n) is 5.44. The van der Waals surface area contributed by atoms with E-state index in [0.29, 0.717) is 12.8 Å². The zero-order valence-corrected chi connectivity index (χ0v) is 11.9. The average Bonchev–Trinajstić information content (AvgIpc) is 2.88. The number of fused-ring (bicyclic) bond motifs is 2. The number of aliphatic hydroxyl groups is 3. The monoisotopic (exact) mass is 302 g/mol. The molecule has 0 aromatic rings. The lowest BCUT2D eigenvalue weighted by Gasteiger charge is -2.34. The minimum Gasteiger partial charge on any atom is -0.453 e. The van der Waals surface area contributed by atoms with Gasteiger partial charge in [0.1, 0.15) is 18.3 Å². The van der Waals surface area contributed by atoms with Gasteiger partial charge in [-0.1, -0.05) is 6.08 Å². The van der Waals surface area contributed by atoms with Crippen LogP contribution in [0.25, 0.3) is 0 Å². The number of hydrogen-bond acceptors (Lipinski definition) is 7. The van der Waals surface area contributed by atoms with Crippen LogP contribution in [-0.4, -0.2) is 64.7 Å². The highest BCUT2D eigenvalue weighted by molar-refractivity contribution is 5.82. The summed E-state index contributed by atoms with van der Waals surface area (Å²) in [5.74, 6) is -0.628. The van der Waals surface area contributed by atoms with E-state index >= 15 is 0 Å². The zero-order valence-electron chi connectivity index (χ0n) is 11.9. The molecule has 0 saturated carbocycles. The van der Waals surface area contributed by atoms with E-state index in [0.717, 1.165) is 6.42 Å². The molecule has 0 aliphatic carbocycles. The first-order chi connectivity index (χ1) is 9.99. The maximum atomic E-state index is 11.7. The third-order valence-corrected chi connectivity index (χ3v) is 3.57. The summed E-state index contributed by atoms with van der Waals surface area (Å²) in [6.07, 6.45) is -0.158. The van der Waals surface area contributed by atoms with Crippen molar-refractivity contribution in [2.75, 3.05) is 6.61 Å². The zero-order chi connectivity index (χ0) is 15.4. The molecule has 2 bridgehead atoms. The fraction of sp³-hybridized carbons (Fsp3) is 0.786. The van der Waals surface area contributed by atoms with Crippen LogP contribution in [0, 0.1) is 0 Å². The Morgan fingerprint density at radius 2 is 2.19 bits per heavy atom. The number of carbonyl (C=O) groups excluding carboxylic acids is 1. The lowest BCUT2D eigenvalue weighted by molar-refractivity contribution is -0.236. The standard InChI is InChI=1S/C14H22O7/c1-8(15)5-3-2-4-6-10(16)21-13-11(17)9-7-19-14(20-9)12(13)18/h4,6,8-9,11-15,17-18H,2-3,5,7H2,1H3. The van der Waals surface area contributed by atoms with Crippen molar-refractivity contribution in [1.82, 2.24) is 0 Å². The van der Waals surface area contributed by atoms with Crippen LogP contribution in [0.1, 0.15) is 26.2 Å². The highest BCUT2D eigenvalue weighted by Crippen LogP contribution is 2.29. The van der Waals surface area contributed by atoms with Crippen molar-refractivity contribution in [2.24, 2.45) is 0 Å². The highest BCUT2D eigenvalue weighted by Gasteiger charge is 2.51. The van der Waals surface area contributed by atoms with E-state index in [1.165, 1.54) is 6.08 Å². The number of aliphatic hydroxyl groups excluding tert-OH is 3. The third-order valence-electron chi connectivity index (χ3n) is 3.57. The van der Waals surface area contributed by atoms with Gasteiger partial charge in [-0.3, -0.25) is 0 Å². The topological polar surface area (TPSA) is 105 Å². The maximum absolute atomic E-state index is 11.7. The van der Waals surface area contributed by atoms with E-state index < -0.39 is 36.7 Å². The van der Waals surface area contributed by atoms with E-state index in [9.17, 15) is 15.0 Å². The Hall–Kier alpha value is -0.990. The van der Waals surface area contributed by atoms with Crippen LogP contribution in [-0.2, 0) is 19.0 Å². The molecule has 0 amide bonds. The van der Waals surface area contributed by atoms with E-state index in [1.807, 2.05) is 0 Å². The third kappa shape index (κ3) is 4.24. The van der Waals surface area contributed by atoms with Gasteiger partial charge in [0.25, 0.3) is 0 Å². The van der Waals surface area contributed by atoms with Gasteiger partial charge in [-0.25, -0.2) is 4.79 Å². The van der Waals surface area contributed by atoms with Crippen molar-refractivity contribution in [3.63, 3.8) is 0 Å². The molecule has 2 rings (SSSR count). The predicted molar refractivity (Wildman–Crippen MR) is 71.2 cm³/mol. The van der Waals surface area contributed by atoms with E-state index in [4.69, 9.17) is 19.3 Å². The largest absolute Gasteiger partial charge is 0.453 e. The summed E-state index contributed by atoms with van der Waals surface area (Å²) >= 11 is 0. The first-order valence-electron chi connectivity index (χ1n) is 7.17. The summed E-state index contributed by atoms with van der Waals surface area (Å²) in [6.45, 7) is 1.88. The number of rotatable bonds is 6. The summed E-state index contributed by atoms with van der Waals surface area (Å²) in [7, 11) is 0. The molecular formula is C14H22O7. The van der Waals surface area contributed by atoms with Crippen molar-refractivity contribution in [2.45, 2.75) is 63.0 Å². The summed E-state index contributed by atoms with van der Waals surface area (Å²) in [5, 5.41) is 29.0. The molecule has 6 unspecified atom stereocenters. The lowest BCUT2D eigenvalue weighted by Crippen LogP contribution is -2.55. The quantitative estimate of drug-likeness (QED) is 0.344. The van der Waals surface area contributed by atoms with E-state index in [2.05, 4.69) is 0 Å². The molecule has 7 nitrogen and oxygen atoms in total. The van der Waals surface area contributed by atoms with Crippen LogP contribution in [0.15, 0.2) is 12.2 Å². The summed E-state index contributed by atoms with van der Waals surface area (Å²) in [6, 6.07) is 0. The molecule has 0 radical (unpaired) electrons. The Morgan fingerprint density at radius 1 is 1.43 bits per heavy atom. The number of carbonyl (C=O) groups is 1. The molecule has 3 N–H and O–H groups in total. The number of hydrogen-bond donors (Lipinski definition) is 3. The lowest BCUT2D eigenvalue weighted by atomic mass is 10.0. The molecule has 6 atom stereocenters. The molecule has 0 aromatic heterocycles. The molecule has 7 heteroatoms. The van der Waals surface area contributed by atoms with Crippen LogP contribution in [0.3, 0.4) is 0 Å². The molecule has 120 valence electrons. The van der Waals surface area contributed by atoms with Gasteiger partial charge in [0.05, 0.1) is 12.7 Å². The van der Waals surface area contributed by atoms with E-state index in [-0.39, 0.29) is 12.7 Å². The van der Waals surface area contributed by atoms with Gasteiger partial charge < -0.3 is 29.5 Å². The van der Waals surface area contributed by atoms with Crippen molar-refractivity contribution in [3.8, 4) is 0 Å². The Morgan fingerprint density at radius 3 is 2.90 bits per heavy atom. The molecule has 2 heterocycles. The fourth-order valence-electron chi connectivity index (χ4n) is 2.39. The Balaban J connectivity index is 1.78. The van der Waals surface area contributed by atoms with Crippen LogP contribution >= 0.6 is 0 Å². The SMILES string of the molecule is CC(O)CCCC=CC(=O)OC1C(O)C2COC(O2)C1O. The highest BCUT2D eigenvalue weighted by atomic mass is 16.7. The van der Waals surface area contributed by atoms with Crippen molar-refractivity contribution < 1.29 is 34.3 Å². The molecule has 0 spiro atoms. The maximum Gasteiger partial charge on any atom is 0.330 e. The van der Waals surface area contributed by atoms with Gasteiger partial charge in [-0.05, 0) is 26.2 Å². The van der Waals surface area contributed by atoms with Gasteiger partial charge in [-0.2, -0.15) is 0 Å². The second-order valence-corrected chi connectivity index (χ2v) is 5.44. The molecule has 0 aromatic carbocycles. The average molecular weight is 302 g/mol. The number of esters is 1. The van der Waals surface area contributed by atoms with Crippen molar-refractivity contribution in [1.29, 1.82) is 0 Å². The van der Waals surface area contributed by atoms with E-state index in [1.54, 1.807) is 13.0 Å². The van der Waals surface area contributed by atoms with Crippen LogP contribution in [0.2, 0.25) is 0 Å². The summed E-state index contributed by atoms with van der Waals surface area (Å²) < 4.78 is 15.4. The number of allylic oxidation sites excluding steroid dienone is 1. The van der Waals surface area contributed by atoms with Crippen LogP contribution < -0.4 is 0 Å².